The van der Waals surface area contributed by atoms with E-state index in [0.717, 1.165) is 5.56 Å². The Kier molecular flexibility index (Phi) is 4.60. The van der Waals surface area contributed by atoms with Gasteiger partial charge in [-0.2, -0.15) is 4.98 Å². The molecule has 0 saturated heterocycles. The van der Waals surface area contributed by atoms with Gasteiger partial charge in [-0.05, 0) is 42.5 Å². The number of carbonyl (C=O) groups is 1. The zero-order valence-corrected chi connectivity index (χ0v) is 13.3. The van der Waals surface area contributed by atoms with E-state index in [-0.39, 0.29) is 12.5 Å². The fourth-order valence-electron chi connectivity index (χ4n) is 1.93. The maximum Gasteiger partial charge on any atom is 0.258 e. The largest absolute Gasteiger partial charge is 0.345 e. The zero-order valence-electron chi connectivity index (χ0n) is 11.8. The topological polar surface area (TPSA) is 68.0 Å². The van der Waals surface area contributed by atoms with Crippen molar-refractivity contribution < 1.29 is 9.32 Å². The van der Waals surface area contributed by atoms with E-state index < -0.39 is 0 Å². The van der Waals surface area contributed by atoms with E-state index in [4.69, 9.17) is 27.7 Å². The van der Waals surface area contributed by atoms with Crippen LogP contribution in [0.15, 0.2) is 53.1 Å². The van der Waals surface area contributed by atoms with E-state index >= 15 is 0 Å². The summed E-state index contributed by atoms with van der Waals surface area (Å²) in [4.78, 5) is 16.2. The second-order valence-electron chi connectivity index (χ2n) is 4.72. The van der Waals surface area contributed by atoms with Crippen molar-refractivity contribution in [3.05, 3.63) is 70.0 Å². The SMILES string of the molecule is O=C(NCc1noc(-c2cccc(Cl)c2)n1)c1ccc(Cl)cc1. The summed E-state index contributed by atoms with van der Waals surface area (Å²) in [6.07, 6.45) is 0. The Bertz CT molecular complexity index is 831. The van der Waals surface area contributed by atoms with Crippen LogP contribution in [0.4, 0.5) is 0 Å². The molecule has 3 aromatic rings. The van der Waals surface area contributed by atoms with Crippen molar-refractivity contribution in [3.8, 4) is 11.5 Å². The Hall–Kier alpha value is -2.37. The Labute approximate surface area is 142 Å². The van der Waals surface area contributed by atoms with Crippen LogP contribution in [0.1, 0.15) is 16.2 Å². The maximum absolute atomic E-state index is 12.0. The minimum Gasteiger partial charge on any atom is -0.345 e. The molecule has 0 radical (unpaired) electrons. The second kappa shape index (κ2) is 6.81. The predicted molar refractivity (Wildman–Crippen MR) is 87.4 cm³/mol. The lowest BCUT2D eigenvalue weighted by atomic mass is 10.2. The number of amides is 1. The summed E-state index contributed by atoms with van der Waals surface area (Å²) in [5.74, 6) is 0.487. The van der Waals surface area contributed by atoms with Gasteiger partial charge in [0.05, 0.1) is 6.54 Å². The zero-order chi connectivity index (χ0) is 16.2. The van der Waals surface area contributed by atoms with Gasteiger partial charge in [-0.1, -0.05) is 34.4 Å². The first-order valence-electron chi connectivity index (χ1n) is 6.74. The Balaban J connectivity index is 1.65. The van der Waals surface area contributed by atoms with Gasteiger partial charge in [0.15, 0.2) is 5.82 Å². The highest BCUT2D eigenvalue weighted by Gasteiger charge is 2.11. The molecule has 2 aromatic carbocycles. The summed E-state index contributed by atoms with van der Waals surface area (Å²) in [6, 6.07) is 13.7. The first-order chi connectivity index (χ1) is 11.1. The third-order valence-corrected chi connectivity index (χ3v) is 3.54. The average Bonchev–Trinajstić information content (AvgIpc) is 3.02. The van der Waals surface area contributed by atoms with Gasteiger partial charge in [0, 0.05) is 21.2 Å². The van der Waals surface area contributed by atoms with Crippen molar-refractivity contribution in [2.45, 2.75) is 6.54 Å². The van der Waals surface area contributed by atoms with Crippen LogP contribution in [-0.2, 0) is 6.54 Å². The quantitative estimate of drug-likeness (QED) is 0.775. The molecular formula is C16H11Cl2N3O2. The highest BCUT2D eigenvalue weighted by molar-refractivity contribution is 6.31. The first-order valence-corrected chi connectivity index (χ1v) is 7.50. The highest BCUT2D eigenvalue weighted by atomic mass is 35.5. The molecule has 0 saturated carbocycles. The number of hydrogen-bond acceptors (Lipinski definition) is 4. The monoisotopic (exact) mass is 347 g/mol. The molecule has 0 aliphatic rings. The Morgan fingerprint density at radius 1 is 1.09 bits per heavy atom. The molecule has 0 aliphatic carbocycles. The summed E-state index contributed by atoms with van der Waals surface area (Å²) >= 11 is 11.7. The van der Waals surface area contributed by atoms with Crippen molar-refractivity contribution in [1.29, 1.82) is 0 Å². The van der Waals surface area contributed by atoms with Crippen LogP contribution < -0.4 is 5.32 Å². The number of carbonyl (C=O) groups excluding carboxylic acids is 1. The smallest absolute Gasteiger partial charge is 0.258 e. The van der Waals surface area contributed by atoms with Crippen molar-refractivity contribution in [2.24, 2.45) is 0 Å². The number of halogens is 2. The number of rotatable bonds is 4. The first kappa shape index (κ1) is 15.5. The van der Waals surface area contributed by atoms with Crippen LogP contribution in [0.5, 0.6) is 0 Å². The molecule has 0 spiro atoms. The maximum atomic E-state index is 12.0. The van der Waals surface area contributed by atoms with Gasteiger partial charge < -0.3 is 9.84 Å². The molecule has 1 amide bonds. The van der Waals surface area contributed by atoms with E-state index in [1.165, 1.54) is 0 Å². The van der Waals surface area contributed by atoms with E-state index in [1.54, 1.807) is 42.5 Å². The summed E-state index contributed by atoms with van der Waals surface area (Å²) in [5, 5.41) is 7.71. The van der Waals surface area contributed by atoms with E-state index in [2.05, 4.69) is 15.5 Å². The molecule has 1 aromatic heterocycles. The number of nitrogens with one attached hydrogen (secondary N) is 1. The average molecular weight is 348 g/mol. The van der Waals surface area contributed by atoms with Crippen molar-refractivity contribution in [3.63, 3.8) is 0 Å². The minimum absolute atomic E-state index is 0.158. The third kappa shape index (κ3) is 3.88. The third-order valence-electron chi connectivity index (χ3n) is 3.05. The Morgan fingerprint density at radius 2 is 1.87 bits per heavy atom. The lowest BCUT2D eigenvalue weighted by Crippen LogP contribution is -2.23. The fraction of sp³-hybridized carbons (Fsp3) is 0.0625. The summed E-state index contributed by atoms with van der Waals surface area (Å²) in [5.41, 5.74) is 1.23. The number of hydrogen-bond donors (Lipinski definition) is 1. The normalized spacial score (nSPS) is 10.5. The van der Waals surface area contributed by atoms with Crippen LogP contribution >= 0.6 is 23.2 Å². The van der Waals surface area contributed by atoms with E-state index in [9.17, 15) is 4.79 Å². The molecule has 0 atom stereocenters. The summed E-state index contributed by atoms with van der Waals surface area (Å²) in [6.45, 7) is 0.158. The second-order valence-corrected chi connectivity index (χ2v) is 5.59. The number of nitrogens with zero attached hydrogens (tertiary/aromatic N) is 2. The summed E-state index contributed by atoms with van der Waals surface area (Å²) in [7, 11) is 0. The minimum atomic E-state index is -0.240. The molecular weight excluding hydrogens is 337 g/mol. The van der Waals surface area contributed by atoms with Crippen LogP contribution in [0.25, 0.3) is 11.5 Å². The lowest BCUT2D eigenvalue weighted by Gasteiger charge is -2.02. The molecule has 0 fully saturated rings. The highest BCUT2D eigenvalue weighted by Crippen LogP contribution is 2.20. The lowest BCUT2D eigenvalue weighted by molar-refractivity contribution is 0.0949. The van der Waals surface area contributed by atoms with Crippen LogP contribution in [-0.4, -0.2) is 16.0 Å². The molecule has 3 rings (SSSR count). The van der Waals surface area contributed by atoms with Crippen molar-refractivity contribution in [2.75, 3.05) is 0 Å². The van der Waals surface area contributed by atoms with Gasteiger partial charge in [0.2, 0.25) is 0 Å². The number of benzene rings is 2. The standard InChI is InChI=1S/C16H11Cl2N3O2/c17-12-6-4-10(5-7-12)15(22)19-9-14-20-16(23-21-14)11-2-1-3-13(18)8-11/h1-8H,9H2,(H,19,22). The van der Waals surface area contributed by atoms with Crippen LogP contribution in [0.3, 0.4) is 0 Å². The Morgan fingerprint density at radius 3 is 2.61 bits per heavy atom. The van der Waals surface area contributed by atoms with Crippen LogP contribution in [0.2, 0.25) is 10.0 Å². The van der Waals surface area contributed by atoms with Crippen molar-refractivity contribution in [1.82, 2.24) is 15.5 Å². The molecule has 23 heavy (non-hydrogen) atoms. The van der Waals surface area contributed by atoms with Crippen molar-refractivity contribution >= 4 is 29.1 Å². The molecule has 0 aliphatic heterocycles. The van der Waals surface area contributed by atoms with Gasteiger partial charge in [-0.3, -0.25) is 4.79 Å². The molecule has 0 unspecified atom stereocenters. The fourth-order valence-corrected chi connectivity index (χ4v) is 2.24. The molecule has 1 N–H and O–H groups in total. The van der Waals surface area contributed by atoms with Gasteiger partial charge in [0.25, 0.3) is 11.8 Å². The van der Waals surface area contributed by atoms with Gasteiger partial charge >= 0.3 is 0 Å². The van der Waals surface area contributed by atoms with Crippen LogP contribution in [0, 0.1) is 0 Å². The van der Waals surface area contributed by atoms with Gasteiger partial charge in [-0.25, -0.2) is 0 Å². The van der Waals surface area contributed by atoms with E-state index in [1.807, 2.05) is 6.07 Å². The molecule has 7 heteroatoms. The molecule has 1 heterocycles. The summed E-state index contributed by atoms with van der Waals surface area (Å²) < 4.78 is 5.17. The predicted octanol–water partition coefficient (Wildman–Crippen LogP) is 3.97. The van der Waals surface area contributed by atoms with E-state index in [0.29, 0.717) is 27.3 Å². The molecule has 0 bridgehead atoms. The number of aromatic nitrogens is 2. The molecule has 5 nitrogen and oxygen atoms in total. The molecule has 116 valence electrons. The van der Waals surface area contributed by atoms with Gasteiger partial charge in [-0.15, -0.1) is 0 Å². The van der Waals surface area contributed by atoms with Gasteiger partial charge in [0.1, 0.15) is 0 Å².